The number of aryl methyl sites for hydroxylation is 1. The predicted molar refractivity (Wildman–Crippen MR) is 85.1 cm³/mol. The van der Waals surface area contributed by atoms with E-state index in [2.05, 4.69) is 0 Å². The standard InChI is InChI=1S/C16H15FN2O2S/c1-18-7-5-11(9-15(18)20)16(21)19-6-2-8-22-14-4-3-12(17)10-13(14)19/h3-5,7,9-10H,2,6,8H2,1H3. The van der Waals surface area contributed by atoms with Crippen LogP contribution in [0.1, 0.15) is 16.8 Å². The number of nitrogens with zero attached hydrogens (tertiary/aromatic N) is 2. The Morgan fingerprint density at radius 2 is 2.09 bits per heavy atom. The summed E-state index contributed by atoms with van der Waals surface area (Å²) in [6, 6.07) is 7.41. The Labute approximate surface area is 131 Å². The van der Waals surface area contributed by atoms with Gasteiger partial charge in [-0.05, 0) is 36.4 Å². The summed E-state index contributed by atoms with van der Waals surface area (Å²) in [5.41, 5.74) is 0.660. The van der Waals surface area contributed by atoms with Crippen molar-refractivity contribution in [1.29, 1.82) is 0 Å². The topological polar surface area (TPSA) is 42.3 Å². The lowest BCUT2D eigenvalue weighted by molar-refractivity contribution is 0.0986. The summed E-state index contributed by atoms with van der Waals surface area (Å²) in [7, 11) is 1.63. The molecule has 6 heteroatoms. The van der Waals surface area contributed by atoms with E-state index in [0.29, 0.717) is 17.8 Å². The zero-order chi connectivity index (χ0) is 15.7. The summed E-state index contributed by atoms with van der Waals surface area (Å²) in [5.74, 6) is 0.231. The highest BCUT2D eigenvalue weighted by Crippen LogP contribution is 2.35. The van der Waals surface area contributed by atoms with Gasteiger partial charge in [0.2, 0.25) is 0 Å². The molecule has 0 radical (unpaired) electrons. The minimum atomic E-state index is -0.372. The van der Waals surface area contributed by atoms with E-state index in [4.69, 9.17) is 0 Å². The zero-order valence-electron chi connectivity index (χ0n) is 12.1. The lowest BCUT2D eigenvalue weighted by Crippen LogP contribution is -2.33. The number of thioether (sulfide) groups is 1. The first-order chi connectivity index (χ1) is 10.6. The van der Waals surface area contributed by atoms with E-state index in [1.165, 1.54) is 22.8 Å². The van der Waals surface area contributed by atoms with Gasteiger partial charge in [0.15, 0.2) is 0 Å². The first-order valence-electron chi connectivity index (χ1n) is 6.97. The number of hydrogen-bond acceptors (Lipinski definition) is 3. The minimum absolute atomic E-state index is 0.241. The van der Waals surface area contributed by atoms with Crippen LogP contribution in [0, 0.1) is 5.82 Å². The van der Waals surface area contributed by atoms with Crippen LogP contribution in [-0.2, 0) is 7.05 Å². The van der Waals surface area contributed by atoms with Crippen LogP contribution in [0.15, 0.2) is 46.2 Å². The van der Waals surface area contributed by atoms with Gasteiger partial charge in [-0.25, -0.2) is 4.39 Å². The van der Waals surface area contributed by atoms with E-state index in [1.54, 1.807) is 42.0 Å². The number of anilines is 1. The summed E-state index contributed by atoms with van der Waals surface area (Å²) in [5, 5.41) is 0. The molecule has 0 bridgehead atoms. The number of pyridine rings is 1. The van der Waals surface area contributed by atoms with Crippen LogP contribution in [0.5, 0.6) is 0 Å². The SMILES string of the molecule is Cn1ccc(C(=O)N2CCCSc3ccc(F)cc32)cc1=O. The fourth-order valence-corrected chi connectivity index (χ4v) is 3.37. The minimum Gasteiger partial charge on any atom is -0.319 e. The van der Waals surface area contributed by atoms with Gasteiger partial charge in [-0.1, -0.05) is 0 Å². The molecule has 0 atom stereocenters. The molecular formula is C16H15FN2O2S. The van der Waals surface area contributed by atoms with Gasteiger partial charge in [-0.15, -0.1) is 11.8 Å². The average molecular weight is 318 g/mol. The number of benzene rings is 1. The average Bonchev–Trinajstić information content (AvgIpc) is 2.71. The fourth-order valence-electron chi connectivity index (χ4n) is 2.40. The number of fused-ring (bicyclic) bond motifs is 1. The van der Waals surface area contributed by atoms with Crippen molar-refractivity contribution in [1.82, 2.24) is 4.57 Å². The Balaban J connectivity index is 2.03. The maximum Gasteiger partial charge on any atom is 0.258 e. The largest absolute Gasteiger partial charge is 0.319 e. The molecule has 0 N–H and O–H groups in total. The van der Waals surface area contributed by atoms with E-state index < -0.39 is 0 Å². The maximum atomic E-state index is 13.6. The van der Waals surface area contributed by atoms with E-state index in [1.807, 2.05) is 0 Å². The van der Waals surface area contributed by atoms with Crippen molar-refractivity contribution in [3.05, 3.63) is 58.3 Å². The van der Waals surface area contributed by atoms with Gasteiger partial charge < -0.3 is 9.47 Å². The number of aromatic nitrogens is 1. The van der Waals surface area contributed by atoms with Gasteiger partial charge in [0.1, 0.15) is 5.82 Å². The molecule has 4 nitrogen and oxygen atoms in total. The van der Waals surface area contributed by atoms with Crippen LogP contribution in [0.3, 0.4) is 0 Å². The monoisotopic (exact) mass is 318 g/mol. The molecule has 2 aromatic rings. The predicted octanol–water partition coefficient (Wildman–Crippen LogP) is 2.67. The van der Waals surface area contributed by atoms with Crippen molar-refractivity contribution < 1.29 is 9.18 Å². The molecule has 0 spiro atoms. The van der Waals surface area contributed by atoms with E-state index in [9.17, 15) is 14.0 Å². The molecule has 1 aliphatic rings. The van der Waals surface area contributed by atoms with Crippen LogP contribution in [0.4, 0.5) is 10.1 Å². The Morgan fingerprint density at radius 3 is 2.86 bits per heavy atom. The van der Waals surface area contributed by atoms with E-state index in [0.717, 1.165) is 17.1 Å². The lowest BCUT2D eigenvalue weighted by atomic mass is 10.2. The number of amides is 1. The highest BCUT2D eigenvalue weighted by molar-refractivity contribution is 7.99. The molecule has 0 aliphatic carbocycles. The number of rotatable bonds is 1. The Kier molecular flexibility index (Phi) is 4.02. The van der Waals surface area contributed by atoms with Gasteiger partial charge in [0, 0.05) is 36.3 Å². The van der Waals surface area contributed by atoms with Crippen molar-refractivity contribution >= 4 is 23.4 Å². The molecule has 1 aromatic carbocycles. The summed E-state index contributed by atoms with van der Waals surface area (Å²) in [6.07, 6.45) is 2.38. The summed E-state index contributed by atoms with van der Waals surface area (Å²) in [4.78, 5) is 26.9. The molecule has 114 valence electrons. The van der Waals surface area contributed by atoms with Crippen LogP contribution >= 0.6 is 11.8 Å². The van der Waals surface area contributed by atoms with Crippen LogP contribution in [0.2, 0.25) is 0 Å². The molecule has 0 fully saturated rings. The molecule has 1 aliphatic heterocycles. The Morgan fingerprint density at radius 1 is 1.27 bits per heavy atom. The molecule has 3 rings (SSSR count). The second-order valence-electron chi connectivity index (χ2n) is 5.14. The van der Waals surface area contributed by atoms with Gasteiger partial charge in [0.25, 0.3) is 11.5 Å². The van der Waals surface area contributed by atoms with Crippen LogP contribution < -0.4 is 10.5 Å². The second kappa shape index (κ2) is 5.96. The second-order valence-corrected chi connectivity index (χ2v) is 6.27. The smallest absolute Gasteiger partial charge is 0.258 e. The van der Waals surface area contributed by atoms with Gasteiger partial charge in [0.05, 0.1) is 5.69 Å². The van der Waals surface area contributed by atoms with E-state index in [-0.39, 0.29) is 17.3 Å². The molecule has 2 heterocycles. The third-order valence-electron chi connectivity index (χ3n) is 3.59. The number of hydrogen-bond donors (Lipinski definition) is 0. The van der Waals surface area contributed by atoms with Crippen molar-refractivity contribution in [2.75, 3.05) is 17.2 Å². The number of carbonyl (C=O) groups is 1. The van der Waals surface area contributed by atoms with Crippen molar-refractivity contribution in [2.45, 2.75) is 11.3 Å². The van der Waals surface area contributed by atoms with Crippen LogP contribution in [0.25, 0.3) is 0 Å². The van der Waals surface area contributed by atoms with Gasteiger partial charge >= 0.3 is 0 Å². The van der Waals surface area contributed by atoms with Crippen molar-refractivity contribution in [3.63, 3.8) is 0 Å². The molecular weight excluding hydrogens is 303 g/mol. The maximum absolute atomic E-state index is 13.6. The summed E-state index contributed by atoms with van der Waals surface area (Å²) >= 11 is 1.61. The third-order valence-corrected chi connectivity index (χ3v) is 4.74. The number of halogens is 1. The van der Waals surface area contributed by atoms with Crippen LogP contribution in [-0.4, -0.2) is 22.8 Å². The molecule has 22 heavy (non-hydrogen) atoms. The molecule has 1 aromatic heterocycles. The van der Waals surface area contributed by atoms with Gasteiger partial charge in [-0.3, -0.25) is 9.59 Å². The first kappa shape index (κ1) is 14.8. The molecule has 0 saturated heterocycles. The first-order valence-corrected chi connectivity index (χ1v) is 7.96. The number of carbonyl (C=O) groups excluding carboxylic acids is 1. The molecule has 0 saturated carbocycles. The third kappa shape index (κ3) is 2.78. The summed E-state index contributed by atoms with van der Waals surface area (Å²) < 4.78 is 15.0. The highest BCUT2D eigenvalue weighted by atomic mass is 32.2. The van der Waals surface area contributed by atoms with Gasteiger partial charge in [-0.2, -0.15) is 0 Å². The lowest BCUT2D eigenvalue weighted by Gasteiger charge is -2.22. The Bertz CT molecular complexity index is 788. The highest BCUT2D eigenvalue weighted by Gasteiger charge is 2.23. The van der Waals surface area contributed by atoms with Crippen molar-refractivity contribution in [3.8, 4) is 0 Å². The molecule has 0 unspecified atom stereocenters. The van der Waals surface area contributed by atoms with Crippen molar-refractivity contribution in [2.24, 2.45) is 7.05 Å². The molecule has 1 amide bonds. The summed E-state index contributed by atoms with van der Waals surface area (Å²) in [6.45, 7) is 0.511. The van der Waals surface area contributed by atoms with E-state index >= 15 is 0 Å². The zero-order valence-corrected chi connectivity index (χ0v) is 12.9. The Hall–Kier alpha value is -2.08. The fraction of sp³-hybridized carbons (Fsp3) is 0.250. The quantitative estimate of drug-likeness (QED) is 0.812. The normalized spacial score (nSPS) is 14.4.